The predicted octanol–water partition coefficient (Wildman–Crippen LogP) is 0.904. The molecule has 1 aliphatic rings. The van der Waals surface area contributed by atoms with Crippen molar-refractivity contribution in [3.05, 3.63) is 35.4 Å². The molecule has 2 rings (SSSR count). The van der Waals surface area contributed by atoms with E-state index in [1.807, 2.05) is 32.9 Å². The molecule has 7 nitrogen and oxygen atoms in total. The van der Waals surface area contributed by atoms with Gasteiger partial charge in [-0.2, -0.15) is 0 Å². The van der Waals surface area contributed by atoms with Crippen LogP contribution < -0.4 is 5.32 Å². The van der Waals surface area contributed by atoms with Gasteiger partial charge in [0.25, 0.3) is 11.8 Å². The van der Waals surface area contributed by atoms with Crippen LogP contribution in [0.5, 0.6) is 0 Å². The average molecular weight is 348 g/mol. The number of aryl methyl sites for hydroxylation is 1. The first-order chi connectivity index (χ1) is 11.8. The van der Waals surface area contributed by atoms with Crippen molar-refractivity contribution in [3.63, 3.8) is 0 Å². The first kappa shape index (κ1) is 18.9. The number of hydrogen-bond donors (Lipinski definition) is 1. The summed E-state index contributed by atoms with van der Waals surface area (Å²) in [6, 6.07) is 6.99. The van der Waals surface area contributed by atoms with Crippen molar-refractivity contribution in [2.75, 3.05) is 26.2 Å². The molecule has 1 fully saturated rings. The molecule has 7 heteroatoms. The number of morpholine rings is 1. The van der Waals surface area contributed by atoms with E-state index in [9.17, 15) is 14.4 Å². The Morgan fingerprint density at radius 3 is 2.36 bits per heavy atom. The topological polar surface area (TPSA) is 84.9 Å². The Hall–Kier alpha value is -2.41. The fourth-order valence-corrected chi connectivity index (χ4v) is 2.63. The van der Waals surface area contributed by atoms with Gasteiger partial charge in [-0.3, -0.25) is 14.4 Å². The molecule has 1 heterocycles. The van der Waals surface area contributed by atoms with Crippen LogP contribution in [0.3, 0.4) is 0 Å². The summed E-state index contributed by atoms with van der Waals surface area (Å²) in [6.45, 7) is 6.04. The van der Waals surface area contributed by atoms with Gasteiger partial charge in [0.15, 0.2) is 6.61 Å². The van der Waals surface area contributed by atoms with Crippen LogP contribution in [-0.4, -0.2) is 61.1 Å². The fourth-order valence-electron chi connectivity index (χ4n) is 2.63. The summed E-state index contributed by atoms with van der Waals surface area (Å²) >= 11 is 0. The van der Waals surface area contributed by atoms with Gasteiger partial charge in [-0.25, -0.2) is 0 Å². The first-order valence-corrected chi connectivity index (χ1v) is 8.29. The molecule has 136 valence electrons. The number of esters is 1. The van der Waals surface area contributed by atoms with Gasteiger partial charge in [0.1, 0.15) is 6.54 Å². The Bertz CT molecular complexity index is 619. The summed E-state index contributed by atoms with van der Waals surface area (Å²) in [5.41, 5.74) is 1.51. The van der Waals surface area contributed by atoms with Crippen LogP contribution in [0.25, 0.3) is 0 Å². The Kier molecular flexibility index (Phi) is 6.52. The number of benzene rings is 1. The molecule has 1 saturated heterocycles. The van der Waals surface area contributed by atoms with Crippen LogP contribution in [0.4, 0.5) is 0 Å². The maximum atomic E-state index is 12.1. The Balaban J connectivity index is 1.72. The van der Waals surface area contributed by atoms with Gasteiger partial charge in [0.05, 0.1) is 12.2 Å². The van der Waals surface area contributed by atoms with Crippen molar-refractivity contribution in [2.45, 2.75) is 33.0 Å². The van der Waals surface area contributed by atoms with E-state index in [0.29, 0.717) is 18.7 Å². The molecule has 1 aromatic carbocycles. The summed E-state index contributed by atoms with van der Waals surface area (Å²) in [7, 11) is 0. The third-order valence-corrected chi connectivity index (χ3v) is 3.84. The zero-order valence-electron chi connectivity index (χ0n) is 14.8. The van der Waals surface area contributed by atoms with E-state index in [-0.39, 0.29) is 37.2 Å². The molecule has 1 aliphatic heterocycles. The maximum absolute atomic E-state index is 12.1. The second kappa shape index (κ2) is 8.62. The third kappa shape index (κ3) is 5.86. The molecular formula is C18H24N2O5. The number of nitrogens with one attached hydrogen (secondary N) is 1. The van der Waals surface area contributed by atoms with Crippen molar-refractivity contribution in [2.24, 2.45) is 0 Å². The lowest BCUT2D eigenvalue weighted by molar-refractivity contribution is -0.156. The largest absolute Gasteiger partial charge is 0.454 e. The SMILES string of the molecule is Cc1ccc(C(=O)NCC(=O)OCC(=O)N2C[C@@H](C)O[C@H](C)C2)cc1. The number of carbonyl (C=O) groups is 3. The van der Waals surface area contributed by atoms with Gasteiger partial charge in [-0.1, -0.05) is 17.7 Å². The third-order valence-electron chi connectivity index (χ3n) is 3.84. The van der Waals surface area contributed by atoms with E-state index < -0.39 is 5.97 Å². The fraction of sp³-hybridized carbons (Fsp3) is 0.500. The lowest BCUT2D eigenvalue weighted by Gasteiger charge is -2.35. The molecule has 0 bridgehead atoms. The minimum absolute atomic E-state index is 0.0443. The minimum Gasteiger partial charge on any atom is -0.454 e. The minimum atomic E-state index is -0.650. The molecule has 25 heavy (non-hydrogen) atoms. The summed E-state index contributed by atoms with van der Waals surface area (Å²) in [5.74, 6) is -1.28. The zero-order chi connectivity index (χ0) is 18.4. The van der Waals surface area contributed by atoms with Crippen LogP contribution >= 0.6 is 0 Å². The molecule has 0 aliphatic carbocycles. The monoisotopic (exact) mass is 348 g/mol. The van der Waals surface area contributed by atoms with E-state index in [4.69, 9.17) is 9.47 Å². The van der Waals surface area contributed by atoms with Crippen molar-refractivity contribution in [3.8, 4) is 0 Å². The highest BCUT2D eigenvalue weighted by Crippen LogP contribution is 2.10. The zero-order valence-corrected chi connectivity index (χ0v) is 14.8. The second-order valence-corrected chi connectivity index (χ2v) is 6.27. The van der Waals surface area contributed by atoms with Crippen molar-refractivity contribution < 1.29 is 23.9 Å². The van der Waals surface area contributed by atoms with Crippen molar-refractivity contribution in [1.29, 1.82) is 0 Å². The number of carbonyl (C=O) groups excluding carboxylic acids is 3. The summed E-state index contributed by atoms with van der Waals surface area (Å²) in [5, 5.41) is 2.48. The van der Waals surface area contributed by atoms with Gasteiger partial charge in [-0.15, -0.1) is 0 Å². The quantitative estimate of drug-likeness (QED) is 0.800. The highest BCUT2D eigenvalue weighted by atomic mass is 16.5. The average Bonchev–Trinajstić information content (AvgIpc) is 2.57. The smallest absolute Gasteiger partial charge is 0.325 e. The molecule has 1 N–H and O–H groups in total. The molecular weight excluding hydrogens is 324 g/mol. The van der Waals surface area contributed by atoms with Crippen LogP contribution in [0, 0.1) is 6.92 Å². The van der Waals surface area contributed by atoms with E-state index in [1.165, 1.54) is 0 Å². The molecule has 0 unspecified atom stereocenters. The number of rotatable bonds is 5. The molecule has 1 aromatic rings. The van der Waals surface area contributed by atoms with Gasteiger partial charge in [0.2, 0.25) is 0 Å². The Morgan fingerprint density at radius 2 is 1.76 bits per heavy atom. The molecule has 0 saturated carbocycles. The number of hydrogen-bond acceptors (Lipinski definition) is 5. The molecule has 2 atom stereocenters. The normalized spacial score (nSPS) is 20.0. The van der Waals surface area contributed by atoms with E-state index in [0.717, 1.165) is 5.56 Å². The first-order valence-electron chi connectivity index (χ1n) is 8.29. The van der Waals surface area contributed by atoms with Gasteiger partial charge < -0.3 is 19.7 Å². The standard InChI is InChI=1S/C18H24N2O5/c1-12-4-6-15(7-5-12)18(23)19-8-17(22)24-11-16(21)20-9-13(2)25-14(3)10-20/h4-7,13-14H,8-11H2,1-3H3,(H,19,23)/t13-,14-/m1/s1. The van der Waals surface area contributed by atoms with Crippen molar-refractivity contribution >= 4 is 17.8 Å². The maximum Gasteiger partial charge on any atom is 0.325 e. The van der Waals surface area contributed by atoms with Crippen LogP contribution in [0.1, 0.15) is 29.8 Å². The van der Waals surface area contributed by atoms with Crippen LogP contribution in [-0.2, 0) is 19.1 Å². The lowest BCUT2D eigenvalue weighted by atomic mass is 10.1. The molecule has 0 aromatic heterocycles. The van der Waals surface area contributed by atoms with Gasteiger partial charge in [-0.05, 0) is 32.9 Å². The van der Waals surface area contributed by atoms with Crippen LogP contribution in [0.2, 0.25) is 0 Å². The number of amides is 2. The van der Waals surface area contributed by atoms with Gasteiger partial charge in [0, 0.05) is 18.7 Å². The molecule has 2 amide bonds. The highest BCUT2D eigenvalue weighted by Gasteiger charge is 2.26. The van der Waals surface area contributed by atoms with Crippen LogP contribution in [0.15, 0.2) is 24.3 Å². The highest BCUT2D eigenvalue weighted by molar-refractivity contribution is 5.96. The molecule has 0 radical (unpaired) electrons. The molecule has 0 spiro atoms. The Labute approximate surface area is 147 Å². The Morgan fingerprint density at radius 1 is 1.16 bits per heavy atom. The van der Waals surface area contributed by atoms with E-state index >= 15 is 0 Å². The summed E-state index contributed by atoms with van der Waals surface area (Å²) in [6.07, 6.45) is -0.0885. The summed E-state index contributed by atoms with van der Waals surface area (Å²) < 4.78 is 10.5. The van der Waals surface area contributed by atoms with E-state index in [1.54, 1.807) is 17.0 Å². The second-order valence-electron chi connectivity index (χ2n) is 6.27. The number of ether oxygens (including phenoxy) is 2. The predicted molar refractivity (Wildman–Crippen MR) is 91.1 cm³/mol. The van der Waals surface area contributed by atoms with Crippen molar-refractivity contribution in [1.82, 2.24) is 10.2 Å². The van der Waals surface area contributed by atoms with Gasteiger partial charge >= 0.3 is 5.97 Å². The number of nitrogens with zero attached hydrogens (tertiary/aromatic N) is 1. The summed E-state index contributed by atoms with van der Waals surface area (Å²) in [4.78, 5) is 37.3. The lowest BCUT2D eigenvalue weighted by Crippen LogP contribution is -2.49. The van der Waals surface area contributed by atoms with E-state index in [2.05, 4.69) is 5.32 Å².